The Morgan fingerprint density at radius 2 is 2.00 bits per heavy atom. The molecular formula is C8H14F3NO3. The van der Waals surface area contributed by atoms with Crippen LogP contribution in [0.25, 0.3) is 0 Å². The van der Waals surface area contributed by atoms with Crippen LogP contribution in [0.5, 0.6) is 0 Å². The third-order valence-electron chi connectivity index (χ3n) is 1.79. The molecule has 0 bridgehead atoms. The van der Waals surface area contributed by atoms with E-state index in [9.17, 15) is 18.0 Å². The fraction of sp³-hybridized carbons (Fsp3) is 0.875. The number of carboxylic acids is 1. The number of hydrogen-bond acceptors (Lipinski definition) is 3. The van der Waals surface area contributed by atoms with Crippen LogP contribution in [0.3, 0.4) is 0 Å². The van der Waals surface area contributed by atoms with E-state index in [0.717, 1.165) is 0 Å². The van der Waals surface area contributed by atoms with Crippen molar-refractivity contribution in [1.82, 2.24) is 4.90 Å². The third-order valence-corrected chi connectivity index (χ3v) is 1.79. The smallest absolute Gasteiger partial charge is 0.415 e. The lowest BCUT2D eigenvalue weighted by atomic mass is 10.2. The van der Waals surface area contributed by atoms with Crippen LogP contribution in [0, 0.1) is 0 Å². The highest BCUT2D eigenvalue weighted by Gasteiger charge is 2.38. The molecule has 0 aliphatic rings. The molecule has 0 aromatic rings. The molecule has 0 spiro atoms. The molecular weight excluding hydrogens is 215 g/mol. The zero-order chi connectivity index (χ0) is 12.1. The van der Waals surface area contributed by atoms with Crippen LogP contribution < -0.4 is 0 Å². The number of carboxylic acid groups (broad SMARTS) is 1. The molecule has 1 unspecified atom stereocenters. The Morgan fingerprint density at radius 1 is 1.47 bits per heavy atom. The maximum Gasteiger partial charge on any atom is 0.415 e. The monoisotopic (exact) mass is 229 g/mol. The molecule has 0 saturated carbocycles. The second-order valence-electron chi connectivity index (χ2n) is 3.32. The highest BCUT2D eigenvalue weighted by atomic mass is 19.4. The van der Waals surface area contributed by atoms with E-state index in [2.05, 4.69) is 0 Å². The van der Waals surface area contributed by atoms with Gasteiger partial charge in [0.15, 0.2) is 6.10 Å². The number of halogens is 3. The van der Waals surface area contributed by atoms with Gasteiger partial charge in [0, 0.05) is 13.0 Å². The second kappa shape index (κ2) is 5.92. The number of nitrogens with zero attached hydrogens (tertiary/aromatic N) is 1. The van der Waals surface area contributed by atoms with Crippen molar-refractivity contribution in [1.29, 1.82) is 0 Å². The van der Waals surface area contributed by atoms with Gasteiger partial charge in [-0.15, -0.1) is 0 Å². The first-order valence-corrected chi connectivity index (χ1v) is 4.38. The van der Waals surface area contributed by atoms with Crippen molar-refractivity contribution in [2.45, 2.75) is 25.1 Å². The number of rotatable bonds is 6. The van der Waals surface area contributed by atoms with Crippen LogP contribution in [0.1, 0.15) is 12.8 Å². The Labute approximate surface area is 85.3 Å². The summed E-state index contributed by atoms with van der Waals surface area (Å²) in [5.74, 6) is -0.986. The molecule has 0 aliphatic heterocycles. The Kier molecular flexibility index (Phi) is 5.59. The summed E-state index contributed by atoms with van der Waals surface area (Å²) >= 11 is 0. The molecule has 15 heavy (non-hydrogen) atoms. The maximum absolute atomic E-state index is 11.9. The van der Waals surface area contributed by atoms with Gasteiger partial charge < -0.3 is 15.1 Å². The van der Waals surface area contributed by atoms with E-state index in [-0.39, 0.29) is 19.4 Å². The van der Waals surface area contributed by atoms with Gasteiger partial charge in [0.25, 0.3) is 0 Å². The van der Waals surface area contributed by atoms with Gasteiger partial charge in [0.1, 0.15) is 0 Å². The minimum atomic E-state index is -4.62. The first kappa shape index (κ1) is 14.2. The number of aliphatic carboxylic acids is 1. The van der Waals surface area contributed by atoms with Gasteiger partial charge in [-0.2, -0.15) is 13.2 Å². The van der Waals surface area contributed by atoms with Crippen molar-refractivity contribution >= 4 is 5.97 Å². The molecule has 0 saturated heterocycles. The molecule has 0 rings (SSSR count). The quantitative estimate of drug-likeness (QED) is 0.704. The second-order valence-corrected chi connectivity index (χ2v) is 3.32. The maximum atomic E-state index is 11.9. The largest absolute Gasteiger partial charge is 0.481 e. The van der Waals surface area contributed by atoms with E-state index in [1.54, 1.807) is 0 Å². The van der Waals surface area contributed by atoms with E-state index in [1.807, 2.05) is 0 Å². The summed E-state index contributed by atoms with van der Waals surface area (Å²) in [5.41, 5.74) is 0. The molecule has 7 heteroatoms. The predicted octanol–water partition coefficient (Wildman–Crippen LogP) is 0.706. The average molecular weight is 229 g/mol. The number of hydrogen-bond donors (Lipinski definition) is 2. The Hall–Kier alpha value is -0.820. The number of likely N-dealkylation sites (N-methyl/N-ethyl adjacent to an activating group) is 1. The van der Waals surface area contributed by atoms with Crippen molar-refractivity contribution in [3.8, 4) is 0 Å². The summed E-state index contributed by atoms with van der Waals surface area (Å²) in [5, 5.41) is 17.0. The first-order chi connectivity index (χ1) is 6.73. The van der Waals surface area contributed by atoms with Crippen molar-refractivity contribution in [3.05, 3.63) is 0 Å². The fourth-order valence-electron chi connectivity index (χ4n) is 0.990. The molecule has 0 aromatic carbocycles. The topological polar surface area (TPSA) is 60.8 Å². The van der Waals surface area contributed by atoms with Gasteiger partial charge in [-0.25, -0.2) is 0 Å². The van der Waals surface area contributed by atoms with Gasteiger partial charge in [0.05, 0.1) is 0 Å². The zero-order valence-corrected chi connectivity index (χ0v) is 8.29. The molecule has 0 amide bonds. The van der Waals surface area contributed by atoms with Crippen LogP contribution >= 0.6 is 0 Å². The summed E-state index contributed by atoms with van der Waals surface area (Å²) in [7, 11) is 1.40. The van der Waals surface area contributed by atoms with Gasteiger partial charge in [-0.05, 0) is 20.0 Å². The molecule has 0 fully saturated rings. The van der Waals surface area contributed by atoms with Crippen molar-refractivity contribution in [2.24, 2.45) is 0 Å². The van der Waals surface area contributed by atoms with Gasteiger partial charge in [-0.3, -0.25) is 4.79 Å². The van der Waals surface area contributed by atoms with Crippen LogP contribution in [0.4, 0.5) is 13.2 Å². The fourth-order valence-corrected chi connectivity index (χ4v) is 0.990. The third kappa shape index (κ3) is 7.15. The lowest BCUT2D eigenvalue weighted by Gasteiger charge is -2.21. The molecule has 0 heterocycles. The first-order valence-electron chi connectivity index (χ1n) is 4.38. The normalized spacial score (nSPS) is 14.3. The summed E-state index contributed by atoms with van der Waals surface area (Å²) in [6, 6.07) is 0. The van der Waals surface area contributed by atoms with Crippen LogP contribution in [0.2, 0.25) is 0 Å². The summed E-state index contributed by atoms with van der Waals surface area (Å²) in [6.07, 6.45) is -6.84. The van der Waals surface area contributed by atoms with E-state index in [1.165, 1.54) is 11.9 Å². The lowest BCUT2D eigenvalue weighted by molar-refractivity contribution is -0.207. The molecule has 0 aliphatic carbocycles. The van der Waals surface area contributed by atoms with Gasteiger partial charge >= 0.3 is 12.1 Å². The molecule has 90 valence electrons. The van der Waals surface area contributed by atoms with Crippen LogP contribution in [-0.2, 0) is 4.79 Å². The highest BCUT2D eigenvalue weighted by molar-refractivity contribution is 5.66. The van der Waals surface area contributed by atoms with Crippen molar-refractivity contribution in [3.63, 3.8) is 0 Å². The summed E-state index contributed by atoms with van der Waals surface area (Å²) in [4.78, 5) is 11.4. The summed E-state index contributed by atoms with van der Waals surface area (Å²) in [6.45, 7) is -0.331. The molecule has 1 atom stereocenters. The highest BCUT2D eigenvalue weighted by Crippen LogP contribution is 2.20. The number of alkyl halides is 3. The zero-order valence-electron chi connectivity index (χ0n) is 8.29. The minimum absolute atomic E-state index is 0.0908. The van der Waals surface area contributed by atoms with Gasteiger partial charge in [0.2, 0.25) is 0 Å². The lowest BCUT2D eigenvalue weighted by Crippen LogP contribution is -2.39. The molecule has 0 aromatic heterocycles. The number of aliphatic hydroxyl groups excluding tert-OH is 1. The van der Waals surface area contributed by atoms with E-state index >= 15 is 0 Å². The summed E-state index contributed by atoms with van der Waals surface area (Å²) < 4.78 is 35.7. The number of aliphatic hydroxyl groups is 1. The van der Waals surface area contributed by atoms with Crippen LogP contribution in [-0.4, -0.2) is 53.5 Å². The Bertz CT molecular complexity index is 208. The molecule has 0 radical (unpaired) electrons. The number of carbonyl (C=O) groups is 1. The van der Waals surface area contributed by atoms with E-state index < -0.39 is 24.8 Å². The molecule has 2 N–H and O–H groups in total. The van der Waals surface area contributed by atoms with Crippen molar-refractivity contribution in [2.75, 3.05) is 20.1 Å². The van der Waals surface area contributed by atoms with E-state index in [4.69, 9.17) is 10.2 Å². The standard InChI is InChI=1S/C8H14F3NO3/c1-12(4-2-3-7(14)15)5-6(13)8(9,10)11/h6,13H,2-5H2,1H3,(H,14,15). The molecule has 4 nitrogen and oxygen atoms in total. The van der Waals surface area contributed by atoms with Crippen LogP contribution in [0.15, 0.2) is 0 Å². The van der Waals surface area contributed by atoms with E-state index in [0.29, 0.717) is 0 Å². The Balaban J connectivity index is 3.74. The minimum Gasteiger partial charge on any atom is -0.481 e. The van der Waals surface area contributed by atoms with Crippen molar-refractivity contribution < 1.29 is 28.2 Å². The predicted molar refractivity (Wildman–Crippen MR) is 46.4 cm³/mol. The van der Waals surface area contributed by atoms with Gasteiger partial charge in [-0.1, -0.05) is 0 Å². The average Bonchev–Trinajstić information content (AvgIpc) is 2.01. The SMILES string of the molecule is CN(CCCC(=O)O)CC(O)C(F)(F)F. The Morgan fingerprint density at radius 3 is 2.40 bits per heavy atom.